The molecule has 0 aromatic carbocycles. The number of rotatable bonds is 2. The molecule has 0 aromatic heterocycles. The molecule has 4 bridgehead atoms. The summed E-state index contributed by atoms with van der Waals surface area (Å²) in [6, 6.07) is 0. The smallest absolute Gasteiger partial charge is 0.0388 e. The SMILES string of the molecule is CC1CN(C2(CN)C3CC4CC(C3)CC2C4)CC1C. The van der Waals surface area contributed by atoms with Crippen molar-refractivity contribution in [1.82, 2.24) is 4.90 Å². The van der Waals surface area contributed by atoms with E-state index in [0.29, 0.717) is 5.54 Å². The van der Waals surface area contributed by atoms with Gasteiger partial charge in [0.1, 0.15) is 0 Å². The predicted octanol–water partition coefficient (Wildman–Crippen LogP) is 2.73. The third-order valence-electron chi connectivity index (χ3n) is 7.46. The van der Waals surface area contributed by atoms with Crippen molar-refractivity contribution in [3.8, 4) is 0 Å². The molecule has 5 rings (SSSR count). The average molecular weight is 262 g/mol. The van der Waals surface area contributed by atoms with E-state index in [2.05, 4.69) is 18.7 Å². The second kappa shape index (κ2) is 4.21. The Labute approximate surface area is 118 Å². The number of hydrogen-bond donors (Lipinski definition) is 1. The normalized spacial score (nSPS) is 57.0. The van der Waals surface area contributed by atoms with Crippen molar-refractivity contribution < 1.29 is 0 Å². The molecule has 4 aliphatic carbocycles. The number of likely N-dealkylation sites (tertiary alicyclic amines) is 1. The molecule has 0 radical (unpaired) electrons. The van der Waals surface area contributed by atoms with Gasteiger partial charge in [0, 0.05) is 25.2 Å². The fourth-order valence-electron chi connectivity index (χ4n) is 6.45. The minimum atomic E-state index is 0.395. The second-order valence-corrected chi connectivity index (χ2v) is 8.36. The van der Waals surface area contributed by atoms with E-state index in [1.807, 2.05) is 0 Å². The number of nitrogens with two attached hydrogens (primary N) is 1. The number of hydrogen-bond acceptors (Lipinski definition) is 2. The molecular formula is C17H30N2. The highest BCUT2D eigenvalue weighted by atomic mass is 15.3. The Kier molecular flexibility index (Phi) is 2.80. The van der Waals surface area contributed by atoms with Gasteiger partial charge in [-0.25, -0.2) is 0 Å². The van der Waals surface area contributed by atoms with Gasteiger partial charge in [0.05, 0.1) is 0 Å². The molecule has 0 aromatic rings. The molecular weight excluding hydrogens is 232 g/mol. The molecule has 2 nitrogen and oxygen atoms in total. The molecule has 19 heavy (non-hydrogen) atoms. The Balaban J connectivity index is 1.66. The van der Waals surface area contributed by atoms with Gasteiger partial charge in [-0.05, 0) is 67.6 Å². The fourth-order valence-corrected chi connectivity index (χ4v) is 6.45. The first-order chi connectivity index (χ1) is 9.13. The van der Waals surface area contributed by atoms with Gasteiger partial charge in [-0.15, -0.1) is 0 Å². The van der Waals surface area contributed by atoms with Crippen LogP contribution in [0.5, 0.6) is 0 Å². The lowest BCUT2D eigenvalue weighted by Crippen LogP contribution is -2.68. The molecule has 0 amide bonds. The molecule has 2 atom stereocenters. The van der Waals surface area contributed by atoms with Gasteiger partial charge in [0.25, 0.3) is 0 Å². The van der Waals surface area contributed by atoms with Crippen molar-refractivity contribution in [1.29, 1.82) is 0 Å². The lowest BCUT2D eigenvalue weighted by molar-refractivity contribution is -0.125. The van der Waals surface area contributed by atoms with E-state index in [9.17, 15) is 0 Å². The summed E-state index contributed by atoms with van der Waals surface area (Å²) in [4.78, 5) is 2.86. The molecule has 1 aliphatic heterocycles. The van der Waals surface area contributed by atoms with Crippen LogP contribution in [0.25, 0.3) is 0 Å². The van der Waals surface area contributed by atoms with E-state index < -0.39 is 0 Å². The summed E-state index contributed by atoms with van der Waals surface area (Å²) in [6.45, 7) is 8.40. The monoisotopic (exact) mass is 262 g/mol. The summed E-state index contributed by atoms with van der Waals surface area (Å²) < 4.78 is 0. The topological polar surface area (TPSA) is 29.3 Å². The van der Waals surface area contributed by atoms with Crippen LogP contribution >= 0.6 is 0 Å². The zero-order valence-electron chi connectivity index (χ0n) is 12.6. The molecule has 2 unspecified atom stereocenters. The summed E-state index contributed by atoms with van der Waals surface area (Å²) in [7, 11) is 0. The lowest BCUT2D eigenvalue weighted by atomic mass is 9.48. The molecule has 0 spiro atoms. The van der Waals surface area contributed by atoms with Crippen molar-refractivity contribution in [2.45, 2.75) is 51.5 Å². The largest absolute Gasteiger partial charge is 0.329 e. The van der Waals surface area contributed by atoms with Crippen molar-refractivity contribution >= 4 is 0 Å². The van der Waals surface area contributed by atoms with Crippen molar-refractivity contribution in [2.75, 3.05) is 19.6 Å². The maximum Gasteiger partial charge on any atom is 0.0388 e. The third kappa shape index (κ3) is 1.62. The summed E-state index contributed by atoms with van der Waals surface area (Å²) in [6.07, 6.45) is 7.50. The predicted molar refractivity (Wildman–Crippen MR) is 78.7 cm³/mol. The van der Waals surface area contributed by atoms with Crippen molar-refractivity contribution in [2.24, 2.45) is 41.2 Å². The highest BCUT2D eigenvalue weighted by Crippen LogP contribution is 2.60. The van der Waals surface area contributed by atoms with E-state index in [1.165, 1.54) is 38.8 Å². The Morgan fingerprint density at radius 1 is 0.895 bits per heavy atom. The van der Waals surface area contributed by atoms with Crippen LogP contribution in [0.2, 0.25) is 0 Å². The Bertz CT molecular complexity index is 326. The molecule has 2 N–H and O–H groups in total. The minimum absolute atomic E-state index is 0.395. The first-order valence-electron chi connectivity index (χ1n) is 8.58. The summed E-state index contributed by atoms with van der Waals surface area (Å²) in [5.41, 5.74) is 6.81. The highest BCUT2D eigenvalue weighted by molar-refractivity contribution is 5.13. The van der Waals surface area contributed by atoms with Gasteiger partial charge in [-0.2, -0.15) is 0 Å². The third-order valence-corrected chi connectivity index (χ3v) is 7.46. The van der Waals surface area contributed by atoms with E-state index in [0.717, 1.165) is 42.1 Å². The maximum absolute atomic E-state index is 6.42. The van der Waals surface area contributed by atoms with E-state index in [-0.39, 0.29) is 0 Å². The van der Waals surface area contributed by atoms with Crippen LogP contribution in [0.3, 0.4) is 0 Å². The minimum Gasteiger partial charge on any atom is -0.329 e. The maximum atomic E-state index is 6.42. The molecule has 5 aliphatic rings. The van der Waals surface area contributed by atoms with Crippen LogP contribution in [0.15, 0.2) is 0 Å². The van der Waals surface area contributed by atoms with Gasteiger partial charge < -0.3 is 5.73 Å². The van der Waals surface area contributed by atoms with Gasteiger partial charge in [-0.1, -0.05) is 13.8 Å². The molecule has 1 saturated heterocycles. The Morgan fingerprint density at radius 2 is 1.37 bits per heavy atom. The first kappa shape index (κ1) is 12.6. The molecule has 5 fully saturated rings. The molecule has 108 valence electrons. The van der Waals surface area contributed by atoms with Crippen LogP contribution in [-0.2, 0) is 0 Å². The van der Waals surface area contributed by atoms with Gasteiger partial charge in [0.2, 0.25) is 0 Å². The highest BCUT2D eigenvalue weighted by Gasteiger charge is 2.59. The Hall–Kier alpha value is -0.0800. The lowest BCUT2D eigenvalue weighted by Gasteiger charge is -2.64. The van der Waals surface area contributed by atoms with Crippen LogP contribution in [0, 0.1) is 35.5 Å². The van der Waals surface area contributed by atoms with Gasteiger partial charge >= 0.3 is 0 Å². The van der Waals surface area contributed by atoms with Crippen molar-refractivity contribution in [3.63, 3.8) is 0 Å². The standard InChI is InChI=1S/C17H30N2/c1-11-8-19(9-12(11)2)17(10-18)15-4-13-3-14(6-15)7-16(17)5-13/h11-16H,3-10,18H2,1-2H3. The van der Waals surface area contributed by atoms with Gasteiger partial charge in [-0.3, -0.25) is 4.90 Å². The quantitative estimate of drug-likeness (QED) is 0.829. The van der Waals surface area contributed by atoms with E-state index >= 15 is 0 Å². The van der Waals surface area contributed by atoms with Crippen LogP contribution < -0.4 is 5.73 Å². The summed E-state index contributed by atoms with van der Waals surface area (Å²) >= 11 is 0. The average Bonchev–Trinajstić information content (AvgIpc) is 2.70. The fraction of sp³-hybridized carbons (Fsp3) is 1.00. The number of nitrogens with zero attached hydrogens (tertiary/aromatic N) is 1. The van der Waals surface area contributed by atoms with E-state index in [1.54, 1.807) is 6.42 Å². The molecule has 4 saturated carbocycles. The van der Waals surface area contributed by atoms with Crippen LogP contribution in [0.4, 0.5) is 0 Å². The van der Waals surface area contributed by atoms with Gasteiger partial charge in [0.15, 0.2) is 0 Å². The molecule has 1 heterocycles. The second-order valence-electron chi connectivity index (χ2n) is 8.36. The Morgan fingerprint density at radius 3 is 1.79 bits per heavy atom. The zero-order chi connectivity index (χ0) is 13.2. The summed E-state index contributed by atoms with van der Waals surface area (Å²) in [5, 5.41) is 0. The first-order valence-corrected chi connectivity index (χ1v) is 8.58. The van der Waals surface area contributed by atoms with Crippen LogP contribution in [-0.4, -0.2) is 30.1 Å². The summed E-state index contributed by atoms with van der Waals surface area (Å²) in [5.74, 6) is 5.68. The van der Waals surface area contributed by atoms with Crippen molar-refractivity contribution in [3.05, 3.63) is 0 Å². The molecule has 2 heteroatoms. The van der Waals surface area contributed by atoms with E-state index in [4.69, 9.17) is 5.73 Å². The zero-order valence-corrected chi connectivity index (χ0v) is 12.6. The van der Waals surface area contributed by atoms with Crippen LogP contribution in [0.1, 0.15) is 46.0 Å².